The largest absolute Gasteiger partial charge is 0.481 e. The van der Waals surface area contributed by atoms with Crippen molar-refractivity contribution in [1.82, 2.24) is 10.2 Å². The minimum absolute atomic E-state index is 0.165. The molecule has 136 valence electrons. The van der Waals surface area contributed by atoms with E-state index in [2.05, 4.69) is 5.32 Å². The lowest BCUT2D eigenvalue weighted by Crippen LogP contribution is -2.34. The lowest BCUT2D eigenvalue weighted by atomic mass is 9.96. The van der Waals surface area contributed by atoms with E-state index in [1.165, 1.54) is 19.1 Å². The van der Waals surface area contributed by atoms with Crippen LogP contribution in [-0.4, -0.2) is 47.1 Å². The summed E-state index contributed by atoms with van der Waals surface area (Å²) in [4.78, 5) is 35.2. The first kappa shape index (κ1) is 18.8. The Morgan fingerprint density at radius 1 is 1.20 bits per heavy atom. The van der Waals surface area contributed by atoms with Crippen LogP contribution < -0.4 is 5.32 Å². The van der Waals surface area contributed by atoms with Crippen LogP contribution in [0.3, 0.4) is 0 Å². The number of nitrogens with zero attached hydrogens (tertiary/aromatic N) is 1. The highest BCUT2D eigenvalue weighted by Gasteiger charge is 2.53. The first-order chi connectivity index (χ1) is 11.6. The van der Waals surface area contributed by atoms with E-state index in [9.17, 15) is 27.6 Å². The standard InChI is InChI=1S/C16H17F3N2O4/c1-9(22)20-6-10-2-4-11(5-3-10)14(23)21-7-12(15(24)25)13(8-21)16(17,18)19/h2-5,12-13H,6-8H2,1H3,(H,20,22)(H,24,25)/t12-,13-/m1/s1. The number of rotatable bonds is 4. The summed E-state index contributed by atoms with van der Waals surface area (Å²) in [7, 11) is 0. The second-order valence-electron chi connectivity index (χ2n) is 5.91. The van der Waals surface area contributed by atoms with Crippen LogP contribution in [0.4, 0.5) is 13.2 Å². The normalized spacial score (nSPS) is 20.4. The number of carbonyl (C=O) groups excluding carboxylic acids is 2. The minimum Gasteiger partial charge on any atom is -0.481 e. The van der Waals surface area contributed by atoms with E-state index in [1.54, 1.807) is 12.1 Å². The number of carboxylic acids is 1. The van der Waals surface area contributed by atoms with Crippen LogP contribution in [0, 0.1) is 11.8 Å². The molecule has 1 fully saturated rings. The number of alkyl halides is 3. The monoisotopic (exact) mass is 358 g/mol. The number of nitrogens with one attached hydrogen (secondary N) is 1. The first-order valence-corrected chi connectivity index (χ1v) is 7.51. The Bertz CT molecular complexity index is 673. The fourth-order valence-corrected chi connectivity index (χ4v) is 2.73. The molecule has 1 aliphatic rings. The maximum Gasteiger partial charge on any atom is 0.394 e. The maximum atomic E-state index is 13.0. The molecule has 0 bridgehead atoms. The summed E-state index contributed by atoms with van der Waals surface area (Å²) in [6, 6.07) is 6.04. The van der Waals surface area contributed by atoms with Gasteiger partial charge in [0.1, 0.15) is 0 Å². The average Bonchev–Trinajstić information content (AvgIpc) is 2.98. The van der Waals surface area contributed by atoms with Crippen molar-refractivity contribution in [2.45, 2.75) is 19.6 Å². The molecule has 9 heteroatoms. The molecule has 0 spiro atoms. The van der Waals surface area contributed by atoms with E-state index in [-0.39, 0.29) is 18.0 Å². The molecular weight excluding hydrogens is 341 g/mol. The van der Waals surface area contributed by atoms with Gasteiger partial charge in [0.05, 0.1) is 11.8 Å². The second-order valence-corrected chi connectivity index (χ2v) is 5.91. The van der Waals surface area contributed by atoms with E-state index in [0.717, 1.165) is 10.5 Å². The Morgan fingerprint density at radius 3 is 2.24 bits per heavy atom. The summed E-state index contributed by atoms with van der Waals surface area (Å²) in [6.45, 7) is 0.477. The van der Waals surface area contributed by atoms with Crippen LogP contribution in [0.5, 0.6) is 0 Å². The zero-order valence-corrected chi connectivity index (χ0v) is 13.3. The number of hydrogen-bond acceptors (Lipinski definition) is 3. The Balaban J connectivity index is 2.10. The smallest absolute Gasteiger partial charge is 0.394 e. The molecule has 0 radical (unpaired) electrons. The summed E-state index contributed by atoms with van der Waals surface area (Å²) in [6.07, 6.45) is -4.68. The van der Waals surface area contributed by atoms with E-state index in [1.807, 2.05) is 0 Å². The first-order valence-electron chi connectivity index (χ1n) is 7.51. The molecule has 2 N–H and O–H groups in total. The van der Waals surface area contributed by atoms with Crippen molar-refractivity contribution in [2.75, 3.05) is 13.1 Å². The highest BCUT2D eigenvalue weighted by Crippen LogP contribution is 2.38. The van der Waals surface area contributed by atoms with Crippen LogP contribution in [0.25, 0.3) is 0 Å². The molecule has 1 aromatic rings. The highest BCUT2D eigenvalue weighted by atomic mass is 19.4. The van der Waals surface area contributed by atoms with E-state index >= 15 is 0 Å². The number of likely N-dealkylation sites (tertiary alicyclic amines) is 1. The molecule has 1 aromatic carbocycles. The zero-order chi connectivity index (χ0) is 18.8. The number of aliphatic carboxylic acids is 1. The number of halogens is 3. The van der Waals surface area contributed by atoms with Gasteiger partial charge in [-0.2, -0.15) is 13.2 Å². The summed E-state index contributed by atoms with van der Waals surface area (Å²) in [5.74, 6) is -6.17. The molecule has 0 unspecified atom stereocenters. The van der Waals surface area contributed by atoms with E-state index < -0.39 is 43.0 Å². The van der Waals surface area contributed by atoms with Crippen molar-refractivity contribution in [3.05, 3.63) is 35.4 Å². The average molecular weight is 358 g/mol. The van der Waals surface area contributed by atoms with Crippen LogP contribution in [0.1, 0.15) is 22.8 Å². The van der Waals surface area contributed by atoms with Gasteiger partial charge < -0.3 is 15.3 Å². The quantitative estimate of drug-likeness (QED) is 0.857. The van der Waals surface area contributed by atoms with Gasteiger partial charge in [-0.1, -0.05) is 12.1 Å². The lowest BCUT2D eigenvalue weighted by Gasteiger charge is -2.18. The SMILES string of the molecule is CC(=O)NCc1ccc(C(=O)N2C[C@@H](C(F)(F)F)[C@H](C(=O)O)C2)cc1. The van der Waals surface area contributed by atoms with Crippen LogP contribution >= 0.6 is 0 Å². The van der Waals surface area contributed by atoms with Gasteiger partial charge in [0.15, 0.2) is 0 Å². The molecule has 2 amide bonds. The van der Waals surface area contributed by atoms with Crippen LogP contribution in [0.2, 0.25) is 0 Å². The van der Waals surface area contributed by atoms with Gasteiger partial charge in [-0.15, -0.1) is 0 Å². The van der Waals surface area contributed by atoms with Gasteiger partial charge in [-0.25, -0.2) is 0 Å². The predicted molar refractivity (Wildman–Crippen MR) is 80.5 cm³/mol. The van der Waals surface area contributed by atoms with Gasteiger partial charge >= 0.3 is 12.1 Å². The fourth-order valence-electron chi connectivity index (χ4n) is 2.73. The van der Waals surface area contributed by atoms with E-state index in [0.29, 0.717) is 0 Å². The number of amides is 2. The topological polar surface area (TPSA) is 86.7 Å². The Kier molecular flexibility index (Phi) is 5.34. The van der Waals surface area contributed by atoms with Gasteiger partial charge in [-0.3, -0.25) is 14.4 Å². The van der Waals surface area contributed by atoms with Crippen molar-refractivity contribution < 1.29 is 32.7 Å². The van der Waals surface area contributed by atoms with Crippen molar-refractivity contribution in [1.29, 1.82) is 0 Å². The van der Waals surface area contributed by atoms with Gasteiger partial charge in [-0.05, 0) is 17.7 Å². The molecule has 2 atom stereocenters. The van der Waals surface area contributed by atoms with Gasteiger partial charge in [0, 0.05) is 32.1 Å². The highest BCUT2D eigenvalue weighted by molar-refractivity contribution is 5.95. The Hall–Kier alpha value is -2.58. The number of carboxylic acid groups (broad SMARTS) is 1. The third-order valence-electron chi connectivity index (χ3n) is 4.09. The summed E-state index contributed by atoms with van der Waals surface area (Å²) in [5.41, 5.74) is 0.892. The summed E-state index contributed by atoms with van der Waals surface area (Å²) < 4.78 is 38.9. The maximum absolute atomic E-state index is 13.0. The minimum atomic E-state index is -4.68. The molecule has 6 nitrogen and oxygen atoms in total. The van der Waals surface area contributed by atoms with Crippen molar-refractivity contribution in [3.63, 3.8) is 0 Å². The Morgan fingerprint density at radius 2 is 1.80 bits per heavy atom. The fraction of sp³-hybridized carbons (Fsp3) is 0.438. The molecule has 25 heavy (non-hydrogen) atoms. The molecular formula is C16H17F3N2O4. The second kappa shape index (κ2) is 7.12. The number of hydrogen-bond donors (Lipinski definition) is 2. The number of benzene rings is 1. The van der Waals surface area contributed by atoms with E-state index in [4.69, 9.17) is 5.11 Å². The van der Waals surface area contributed by atoms with Crippen molar-refractivity contribution >= 4 is 17.8 Å². The molecule has 1 aliphatic heterocycles. The van der Waals surface area contributed by atoms with Crippen molar-refractivity contribution in [2.24, 2.45) is 11.8 Å². The summed E-state index contributed by atoms with van der Waals surface area (Å²) >= 11 is 0. The molecule has 1 heterocycles. The lowest BCUT2D eigenvalue weighted by molar-refractivity contribution is -0.187. The van der Waals surface area contributed by atoms with Crippen LogP contribution in [0.15, 0.2) is 24.3 Å². The van der Waals surface area contributed by atoms with Crippen LogP contribution in [-0.2, 0) is 16.1 Å². The predicted octanol–water partition coefficient (Wildman–Crippen LogP) is 1.66. The summed E-state index contributed by atoms with van der Waals surface area (Å²) in [5, 5.41) is 11.6. The molecule has 1 saturated heterocycles. The third kappa shape index (κ3) is 4.49. The molecule has 0 aliphatic carbocycles. The number of carbonyl (C=O) groups is 3. The molecule has 0 aromatic heterocycles. The van der Waals surface area contributed by atoms with Gasteiger partial charge in [0.25, 0.3) is 5.91 Å². The zero-order valence-electron chi connectivity index (χ0n) is 13.3. The Labute approximate surface area is 141 Å². The van der Waals surface area contributed by atoms with Crippen molar-refractivity contribution in [3.8, 4) is 0 Å². The molecule has 2 rings (SSSR count). The third-order valence-corrected chi connectivity index (χ3v) is 4.09. The molecule has 0 saturated carbocycles. The van der Waals surface area contributed by atoms with Gasteiger partial charge in [0.2, 0.25) is 5.91 Å².